The van der Waals surface area contributed by atoms with Crippen LogP contribution < -0.4 is 11.0 Å². The quantitative estimate of drug-likeness (QED) is 0.585. The van der Waals surface area contributed by atoms with Crippen molar-refractivity contribution in [1.82, 2.24) is 19.2 Å². The summed E-state index contributed by atoms with van der Waals surface area (Å²) >= 11 is 11.8. The van der Waals surface area contributed by atoms with Gasteiger partial charge in [0.25, 0.3) is 0 Å². The first kappa shape index (κ1) is 16.6. The van der Waals surface area contributed by atoms with Crippen LogP contribution in [0.1, 0.15) is 0 Å². The van der Waals surface area contributed by atoms with Gasteiger partial charge in [0.2, 0.25) is 5.91 Å². The number of aromatic nitrogens is 4. The number of nitrogens with one attached hydrogen (secondary N) is 1. The fraction of sp³-hybridized carbons (Fsp3) is 0.0588. The van der Waals surface area contributed by atoms with Crippen LogP contribution in [-0.4, -0.2) is 25.1 Å². The number of amides is 1. The number of carbonyl (C=O) groups is 1. The number of halogens is 2. The third kappa shape index (κ3) is 3.02. The van der Waals surface area contributed by atoms with Gasteiger partial charge in [0.1, 0.15) is 12.9 Å². The van der Waals surface area contributed by atoms with Crippen molar-refractivity contribution in [2.75, 3.05) is 5.32 Å². The lowest BCUT2D eigenvalue weighted by Crippen LogP contribution is -2.28. The minimum absolute atomic E-state index is 0.231. The summed E-state index contributed by atoms with van der Waals surface area (Å²) in [6, 6.07) is 11.8. The van der Waals surface area contributed by atoms with Crippen LogP contribution in [0.2, 0.25) is 10.0 Å². The molecule has 2 aromatic heterocycles. The van der Waals surface area contributed by atoms with E-state index < -0.39 is 5.69 Å². The average Bonchev–Trinajstić information content (AvgIpc) is 2.93. The normalized spacial score (nSPS) is 11.2. The van der Waals surface area contributed by atoms with Gasteiger partial charge < -0.3 is 5.32 Å². The summed E-state index contributed by atoms with van der Waals surface area (Å²) in [6.45, 7) is -0.231. The molecule has 4 rings (SSSR count). The predicted octanol–water partition coefficient (Wildman–Crippen LogP) is 2.99. The first-order chi connectivity index (χ1) is 12.5. The van der Waals surface area contributed by atoms with E-state index in [1.54, 1.807) is 42.5 Å². The topological polar surface area (TPSA) is 81.3 Å². The number of fused-ring (bicyclic) bond motifs is 3. The number of anilines is 1. The monoisotopic (exact) mass is 387 g/mol. The van der Waals surface area contributed by atoms with Gasteiger partial charge in [-0.2, -0.15) is 0 Å². The molecule has 1 N–H and O–H groups in total. The molecular weight excluding hydrogens is 377 g/mol. The Morgan fingerprint density at radius 2 is 1.81 bits per heavy atom. The molecule has 0 radical (unpaired) electrons. The van der Waals surface area contributed by atoms with Crippen LogP contribution in [0.5, 0.6) is 0 Å². The summed E-state index contributed by atoms with van der Waals surface area (Å²) in [4.78, 5) is 28.9. The summed E-state index contributed by atoms with van der Waals surface area (Å²) in [7, 11) is 0. The molecule has 0 bridgehead atoms. The highest BCUT2D eigenvalue weighted by molar-refractivity contribution is 6.31. The fourth-order valence-corrected chi connectivity index (χ4v) is 2.90. The predicted molar refractivity (Wildman–Crippen MR) is 99.8 cm³/mol. The molecule has 0 saturated heterocycles. The highest BCUT2D eigenvalue weighted by atomic mass is 35.5. The lowest BCUT2D eigenvalue weighted by molar-refractivity contribution is -0.117. The van der Waals surface area contributed by atoms with Crippen LogP contribution in [-0.2, 0) is 11.3 Å². The maximum atomic E-state index is 12.5. The highest BCUT2D eigenvalue weighted by Gasteiger charge is 2.14. The summed E-state index contributed by atoms with van der Waals surface area (Å²) in [5, 5.41) is 8.67. The van der Waals surface area contributed by atoms with Gasteiger partial charge in [-0.1, -0.05) is 23.2 Å². The van der Waals surface area contributed by atoms with Crippen LogP contribution in [0, 0.1) is 0 Å². The SMILES string of the molecule is O=C(Cn1nc2c3cc(Cl)ccc3ncn2c1=O)Nc1ccc(Cl)cc1. The molecule has 0 unspecified atom stereocenters. The van der Waals surface area contributed by atoms with E-state index in [0.717, 1.165) is 4.68 Å². The van der Waals surface area contributed by atoms with E-state index in [9.17, 15) is 9.59 Å². The molecule has 0 saturated carbocycles. The second-order valence-corrected chi connectivity index (χ2v) is 6.47. The number of rotatable bonds is 3. The Hall–Kier alpha value is -2.90. The van der Waals surface area contributed by atoms with E-state index >= 15 is 0 Å². The van der Waals surface area contributed by atoms with E-state index in [-0.39, 0.29) is 12.5 Å². The summed E-state index contributed by atoms with van der Waals surface area (Å²) in [5.74, 6) is -0.381. The molecule has 7 nitrogen and oxygen atoms in total. The number of carbonyl (C=O) groups excluding carboxylic acids is 1. The largest absolute Gasteiger partial charge is 0.352 e. The summed E-state index contributed by atoms with van der Waals surface area (Å²) in [5.41, 5.74) is 1.17. The van der Waals surface area contributed by atoms with Gasteiger partial charge in [0, 0.05) is 21.1 Å². The molecular formula is C17H11Cl2N5O2. The summed E-state index contributed by atoms with van der Waals surface area (Å²) < 4.78 is 2.37. The van der Waals surface area contributed by atoms with Crippen molar-refractivity contribution >= 4 is 51.3 Å². The maximum Gasteiger partial charge on any atom is 0.352 e. The Bertz CT molecular complexity index is 1200. The number of hydrogen-bond donors (Lipinski definition) is 1. The van der Waals surface area contributed by atoms with E-state index in [1.807, 2.05) is 0 Å². The molecule has 0 fully saturated rings. The zero-order chi connectivity index (χ0) is 18.3. The molecule has 0 aliphatic carbocycles. The minimum Gasteiger partial charge on any atom is -0.324 e. The molecule has 0 atom stereocenters. The van der Waals surface area contributed by atoms with Gasteiger partial charge >= 0.3 is 5.69 Å². The van der Waals surface area contributed by atoms with Crippen LogP contribution in [0.3, 0.4) is 0 Å². The van der Waals surface area contributed by atoms with Gasteiger partial charge in [-0.25, -0.2) is 18.9 Å². The van der Waals surface area contributed by atoms with Crippen molar-refractivity contribution in [2.24, 2.45) is 0 Å². The lowest BCUT2D eigenvalue weighted by Gasteiger charge is -2.04. The Morgan fingerprint density at radius 3 is 2.58 bits per heavy atom. The average molecular weight is 388 g/mol. The molecule has 2 aromatic carbocycles. The van der Waals surface area contributed by atoms with Crippen molar-refractivity contribution in [3.05, 3.63) is 69.3 Å². The van der Waals surface area contributed by atoms with Crippen LogP contribution in [0.25, 0.3) is 16.6 Å². The zero-order valence-electron chi connectivity index (χ0n) is 13.2. The highest BCUT2D eigenvalue weighted by Crippen LogP contribution is 2.20. The van der Waals surface area contributed by atoms with E-state index in [0.29, 0.717) is 32.3 Å². The van der Waals surface area contributed by atoms with Crippen molar-refractivity contribution in [2.45, 2.75) is 6.54 Å². The Balaban J connectivity index is 1.68. The Labute approximate surface area is 156 Å². The van der Waals surface area contributed by atoms with Gasteiger partial charge in [0.05, 0.1) is 5.52 Å². The van der Waals surface area contributed by atoms with E-state index in [4.69, 9.17) is 23.2 Å². The standard InChI is InChI=1S/C17H11Cl2N5O2/c18-10-1-4-12(5-2-10)21-15(25)8-24-17(26)23-9-20-14-6-3-11(19)7-13(14)16(23)22-24/h1-7,9H,8H2,(H,21,25). The molecule has 0 spiro atoms. The first-order valence-electron chi connectivity index (χ1n) is 7.60. The number of hydrogen-bond acceptors (Lipinski definition) is 4. The smallest absolute Gasteiger partial charge is 0.324 e. The summed E-state index contributed by atoms with van der Waals surface area (Å²) in [6.07, 6.45) is 1.38. The van der Waals surface area contributed by atoms with Gasteiger partial charge in [0.15, 0.2) is 5.65 Å². The fourth-order valence-electron chi connectivity index (χ4n) is 2.60. The van der Waals surface area contributed by atoms with Crippen molar-refractivity contribution in [1.29, 1.82) is 0 Å². The Kier molecular flexibility index (Phi) is 4.10. The van der Waals surface area contributed by atoms with Crippen molar-refractivity contribution in [3.8, 4) is 0 Å². The molecule has 2 heterocycles. The van der Waals surface area contributed by atoms with Crippen LogP contribution in [0.15, 0.2) is 53.6 Å². The molecule has 130 valence electrons. The molecule has 26 heavy (non-hydrogen) atoms. The zero-order valence-corrected chi connectivity index (χ0v) is 14.7. The van der Waals surface area contributed by atoms with Crippen LogP contribution >= 0.6 is 23.2 Å². The molecule has 0 aliphatic rings. The van der Waals surface area contributed by atoms with Crippen molar-refractivity contribution < 1.29 is 4.79 Å². The minimum atomic E-state index is -0.458. The van der Waals surface area contributed by atoms with Gasteiger partial charge in [-0.15, -0.1) is 5.10 Å². The number of nitrogens with zero attached hydrogens (tertiary/aromatic N) is 4. The first-order valence-corrected chi connectivity index (χ1v) is 8.36. The molecule has 0 aliphatic heterocycles. The van der Waals surface area contributed by atoms with E-state index in [2.05, 4.69) is 15.4 Å². The molecule has 4 aromatic rings. The second kappa shape index (κ2) is 6.44. The third-order valence-corrected chi connectivity index (χ3v) is 4.29. The Morgan fingerprint density at radius 1 is 1.08 bits per heavy atom. The maximum absolute atomic E-state index is 12.5. The molecule has 1 amide bonds. The van der Waals surface area contributed by atoms with Gasteiger partial charge in [-0.3, -0.25) is 4.79 Å². The second-order valence-electron chi connectivity index (χ2n) is 5.59. The third-order valence-electron chi connectivity index (χ3n) is 3.80. The van der Waals surface area contributed by atoms with Crippen molar-refractivity contribution in [3.63, 3.8) is 0 Å². The molecule has 9 heteroatoms. The van der Waals surface area contributed by atoms with E-state index in [1.165, 1.54) is 10.7 Å². The van der Waals surface area contributed by atoms with Crippen LogP contribution in [0.4, 0.5) is 5.69 Å². The lowest BCUT2D eigenvalue weighted by atomic mass is 10.2. The van der Waals surface area contributed by atoms with Gasteiger partial charge in [-0.05, 0) is 42.5 Å². The number of benzene rings is 2.